The molecule has 2 aromatic carbocycles. The van der Waals surface area contributed by atoms with Crippen molar-refractivity contribution in [1.29, 1.82) is 0 Å². The van der Waals surface area contributed by atoms with Gasteiger partial charge in [0.15, 0.2) is 0 Å². The second kappa shape index (κ2) is 5.20. The molecule has 0 aliphatic carbocycles. The van der Waals surface area contributed by atoms with E-state index in [1.165, 1.54) is 12.1 Å². The van der Waals surface area contributed by atoms with E-state index in [2.05, 4.69) is 23.4 Å². The maximum absolute atomic E-state index is 13.4. The molecule has 0 unspecified atom stereocenters. The predicted molar refractivity (Wildman–Crippen MR) is 83.7 cm³/mol. The van der Waals surface area contributed by atoms with Crippen LogP contribution >= 0.6 is 0 Å². The zero-order valence-electron chi connectivity index (χ0n) is 12.2. The van der Waals surface area contributed by atoms with Gasteiger partial charge in [0.25, 0.3) is 0 Å². The number of nitrogens with two attached hydrogens (primary N) is 1. The van der Waals surface area contributed by atoms with Crippen LogP contribution in [0.5, 0.6) is 0 Å². The summed E-state index contributed by atoms with van der Waals surface area (Å²) in [4.78, 5) is 4.60. The van der Waals surface area contributed by atoms with Crippen LogP contribution in [0.3, 0.4) is 0 Å². The van der Waals surface area contributed by atoms with Crippen molar-refractivity contribution in [3.8, 4) is 0 Å². The lowest BCUT2D eigenvalue weighted by Crippen LogP contribution is -2.08. The maximum atomic E-state index is 13.4. The minimum atomic E-state index is -0.262. The number of fused-ring (bicyclic) bond motifs is 1. The van der Waals surface area contributed by atoms with E-state index in [9.17, 15) is 4.39 Å². The zero-order valence-corrected chi connectivity index (χ0v) is 12.2. The van der Waals surface area contributed by atoms with Crippen LogP contribution in [0.15, 0.2) is 42.5 Å². The Labute approximate surface area is 123 Å². The van der Waals surface area contributed by atoms with Crippen LogP contribution in [0.2, 0.25) is 0 Å². The van der Waals surface area contributed by atoms with E-state index in [-0.39, 0.29) is 11.9 Å². The van der Waals surface area contributed by atoms with Crippen molar-refractivity contribution in [2.45, 2.75) is 26.3 Å². The average Bonchev–Trinajstić information content (AvgIpc) is 2.78. The van der Waals surface area contributed by atoms with Gasteiger partial charge in [-0.05, 0) is 37.6 Å². The van der Waals surface area contributed by atoms with Crippen LogP contribution in [0.4, 0.5) is 10.1 Å². The van der Waals surface area contributed by atoms with E-state index in [4.69, 9.17) is 5.73 Å². The molecule has 0 atom stereocenters. The van der Waals surface area contributed by atoms with Gasteiger partial charge in [0.05, 0.1) is 11.0 Å². The first kappa shape index (κ1) is 13.6. The highest BCUT2D eigenvalue weighted by molar-refractivity contribution is 5.76. The van der Waals surface area contributed by atoms with E-state index in [0.29, 0.717) is 11.9 Å². The molecule has 21 heavy (non-hydrogen) atoms. The van der Waals surface area contributed by atoms with Gasteiger partial charge in [0, 0.05) is 24.2 Å². The normalized spacial score (nSPS) is 11.4. The van der Waals surface area contributed by atoms with Crippen LogP contribution < -0.4 is 5.73 Å². The molecule has 4 heteroatoms. The van der Waals surface area contributed by atoms with Gasteiger partial charge in [0.2, 0.25) is 0 Å². The Kier molecular flexibility index (Phi) is 3.37. The van der Waals surface area contributed by atoms with Gasteiger partial charge >= 0.3 is 0 Å². The number of nitrogen functional groups attached to an aromatic ring is 1. The average molecular weight is 283 g/mol. The maximum Gasteiger partial charge on any atom is 0.125 e. The van der Waals surface area contributed by atoms with Crippen molar-refractivity contribution in [2.75, 3.05) is 5.73 Å². The number of hydrogen-bond donors (Lipinski definition) is 1. The highest BCUT2D eigenvalue weighted by Gasteiger charge is 2.15. The summed E-state index contributed by atoms with van der Waals surface area (Å²) in [5.41, 5.74) is 9.45. The van der Waals surface area contributed by atoms with E-state index < -0.39 is 0 Å². The monoisotopic (exact) mass is 283 g/mol. The Morgan fingerprint density at radius 3 is 2.67 bits per heavy atom. The predicted octanol–water partition coefficient (Wildman–Crippen LogP) is 3.93. The lowest BCUT2D eigenvalue weighted by molar-refractivity contribution is 0.591. The number of aromatic nitrogens is 2. The summed E-state index contributed by atoms with van der Waals surface area (Å²) in [6, 6.07) is 12.8. The molecule has 1 heterocycles. The summed E-state index contributed by atoms with van der Waals surface area (Å²) in [6.45, 7) is 4.20. The fourth-order valence-electron chi connectivity index (χ4n) is 2.69. The molecule has 0 bridgehead atoms. The van der Waals surface area contributed by atoms with Crippen LogP contribution in [0.25, 0.3) is 11.0 Å². The Balaban J connectivity index is 2.13. The molecule has 0 aliphatic heterocycles. The SMILES string of the molecule is CC(C)n1c(Cc2ccccc2N)nc2cc(F)ccc21. The van der Waals surface area contributed by atoms with Crippen LogP contribution in [0.1, 0.15) is 31.3 Å². The van der Waals surface area contributed by atoms with Gasteiger partial charge in [-0.25, -0.2) is 9.37 Å². The first-order valence-corrected chi connectivity index (χ1v) is 7.06. The smallest absolute Gasteiger partial charge is 0.125 e. The molecule has 3 rings (SSSR count). The van der Waals surface area contributed by atoms with Crippen molar-refractivity contribution in [3.63, 3.8) is 0 Å². The molecular weight excluding hydrogens is 265 g/mol. The lowest BCUT2D eigenvalue weighted by Gasteiger charge is -2.13. The van der Waals surface area contributed by atoms with Gasteiger partial charge in [-0.3, -0.25) is 0 Å². The molecule has 0 fully saturated rings. The fraction of sp³-hybridized carbons (Fsp3) is 0.235. The minimum Gasteiger partial charge on any atom is -0.398 e. The summed E-state index contributed by atoms with van der Waals surface area (Å²) in [7, 11) is 0. The molecule has 0 saturated heterocycles. The van der Waals surface area contributed by atoms with Crippen LogP contribution in [0, 0.1) is 5.82 Å². The number of anilines is 1. The summed E-state index contributed by atoms with van der Waals surface area (Å²) < 4.78 is 15.5. The van der Waals surface area contributed by atoms with Gasteiger partial charge < -0.3 is 10.3 Å². The summed E-state index contributed by atoms with van der Waals surface area (Å²) in [5, 5.41) is 0. The Hall–Kier alpha value is -2.36. The molecule has 108 valence electrons. The molecule has 0 amide bonds. The van der Waals surface area contributed by atoms with Gasteiger partial charge in [-0.15, -0.1) is 0 Å². The zero-order chi connectivity index (χ0) is 15.0. The van der Waals surface area contributed by atoms with Crippen molar-refractivity contribution in [2.24, 2.45) is 0 Å². The van der Waals surface area contributed by atoms with Crippen molar-refractivity contribution in [3.05, 3.63) is 59.7 Å². The summed E-state index contributed by atoms with van der Waals surface area (Å²) in [5.74, 6) is 0.644. The van der Waals surface area contributed by atoms with Crippen LogP contribution in [-0.2, 0) is 6.42 Å². The third kappa shape index (κ3) is 2.49. The fourth-order valence-corrected chi connectivity index (χ4v) is 2.69. The lowest BCUT2D eigenvalue weighted by atomic mass is 10.1. The number of halogens is 1. The highest BCUT2D eigenvalue weighted by Crippen LogP contribution is 2.25. The summed E-state index contributed by atoms with van der Waals surface area (Å²) in [6.07, 6.45) is 0.640. The van der Waals surface area contributed by atoms with Crippen LogP contribution in [-0.4, -0.2) is 9.55 Å². The highest BCUT2D eigenvalue weighted by atomic mass is 19.1. The first-order chi connectivity index (χ1) is 10.1. The number of benzene rings is 2. The third-order valence-electron chi connectivity index (χ3n) is 3.64. The second-order valence-electron chi connectivity index (χ2n) is 5.50. The largest absolute Gasteiger partial charge is 0.398 e. The quantitative estimate of drug-likeness (QED) is 0.740. The molecule has 0 saturated carbocycles. The van der Waals surface area contributed by atoms with Crippen molar-refractivity contribution < 1.29 is 4.39 Å². The van der Waals surface area contributed by atoms with E-state index in [1.54, 1.807) is 6.07 Å². The molecule has 0 spiro atoms. The summed E-state index contributed by atoms with van der Waals surface area (Å²) >= 11 is 0. The minimum absolute atomic E-state index is 0.250. The first-order valence-electron chi connectivity index (χ1n) is 7.06. The Bertz CT molecular complexity index is 790. The Morgan fingerprint density at radius 1 is 1.19 bits per heavy atom. The number of para-hydroxylation sites is 1. The molecule has 0 aliphatic rings. The van der Waals surface area contributed by atoms with Crippen molar-refractivity contribution in [1.82, 2.24) is 9.55 Å². The molecule has 3 nitrogen and oxygen atoms in total. The van der Waals surface area contributed by atoms with E-state index in [1.807, 2.05) is 24.3 Å². The van der Waals surface area contributed by atoms with E-state index in [0.717, 1.165) is 22.6 Å². The number of rotatable bonds is 3. The van der Waals surface area contributed by atoms with Gasteiger partial charge in [-0.1, -0.05) is 18.2 Å². The molecule has 3 aromatic rings. The van der Waals surface area contributed by atoms with Gasteiger partial charge in [0.1, 0.15) is 11.6 Å². The molecule has 1 aromatic heterocycles. The standard InChI is InChI=1S/C17H18FN3/c1-11(2)21-16-8-7-13(18)10-15(16)20-17(21)9-12-5-3-4-6-14(12)19/h3-8,10-11H,9,19H2,1-2H3. The molecular formula is C17H18FN3. The van der Waals surface area contributed by atoms with E-state index >= 15 is 0 Å². The topological polar surface area (TPSA) is 43.8 Å². The number of hydrogen-bond acceptors (Lipinski definition) is 2. The van der Waals surface area contributed by atoms with Gasteiger partial charge in [-0.2, -0.15) is 0 Å². The second-order valence-corrected chi connectivity index (χ2v) is 5.50. The molecule has 2 N–H and O–H groups in total. The number of imidazole rings is 1. The number of nitrogens with zero attached hydrogens (tertiary/aromatic N) is 2. The third-order valence-corrected chi connectivity index (χ3v) is 3.64. The molecule has 0 radical (unpaired) electrons. The Morgan fingerprint density at radius 2 is 1.95 bits per heavy atom. The van der Waals surface area contributed by atoms with Crippen molar-refractivity contribution >= 4 is 16.7 Å².